The van der Waals surface area contributed by atoms with E-state index in [0.29, 0.717) is 76.3 Å². The van der Waals surface area contributed by atoms with Gasteiger partial charge < -0.3 is 79.6 Å². The minimum atomic E-state index is -0.257. The number of aromatic amines is 1. The number of carbonyl (C=O) groups excluding carboxylic acids is 6. The lowest BCUT2D eigenvalue weighted by Gasteiger charge is -2.23. The third-order valence-corrected chi connectivity index (χ3v) is 27.9. The van der Waals surface area contributed by atoms with Crippen LogP contribution in [0.5, 0.6) is 0 Å². The Balaban J connectivity index is 0.000000119. The number of aromatic nitrogens is 7. The lowest BCUT2D eigenvalue weighted by atomic mass is 10.1. The van der Waals surface area contributed by atoms with Gasteiger partial charge in [-0.05, 0) is 183 Å². The first kappa shape index (κ1) is 82.8. The van der Waals surface area contributed by atoms with Crippen molar-refractivity contribution in [3.05, 3.63) is 237 Å². The summed E-state index contributed by atoms with van der Waals surface area (Å²) in [6.07, 6.45) is 20.3. The lowest BCUT2D eigenvalue weighted by molar-refractivity contribution is -0.134. The summed E-state index contributed by atoms with van der Waals surface area (Å²) in [5.74, 6) is 3.56. The van der Waals surface area contributed by atoms with Crippen LogP contribution in [-0.2, 0) is 107 Å². The van der Waals surface area contributed by atoms with Gasteiger partial charge in [0.2, 0.25) is 41.3 Å². The van der Waals surface area contributed by atoms with E-state index in [1.54, 1.807) is 139 Å². The van der Waals surface area contributed by atoms with Crippen LogP contribution in [0.1, 0.15) is 132 Å². The predicted octanol–water partition coefficient (Wildman–Crippen LogP) is 10.2. The van der Waals surface area contributed by atoms with Crippen molar-refractivity contribution in [1.82, 2.24) is 96.4 Å². The highest BCUT2D eigenvalue weighted by Crippen LogP contribution is 2.37. The minimum absolute atomic E-state index is 0.0851. The van der Waals surface area contributed by atoms with E-state index in [-0.39, 0.29) is 71.7 Å². The third-order valence-electron chi connectivity index (χ3n) is 20.3. The Morgan fingerprint density at radius 1 is 0.386 bits per heavy atom. The van der Waals surface area contributed by atoms with Gasteiger partial charge in [-0.25, -0.2) is 19.9 Å². The Kier molecular flexibility index (Phi) is 29.4. The molecule has 600 valence electrons. The third kappa shape index (κ3) is 20.0. The predicted molar refractivity (Wildman–Crippen MR) is 444 cm³/mol. The zero-order valence-corrected chi connectivity index (χ0v) is 70.4. The number of nitrogens with one attached hydrogen (secondary N) is 7. The highest BCUT2D eigenvalue weighted by Gasteiger charge is 2.37. The van der Waals surface area contributed by atoms with Gasteiger partial charge in [0.05, 0.1) is 63.4 Å². The molecule has 0 saturated carbocycles. The van der Waals surface area contributed by atoms with E-state index in [2.05, 4.69) is 119 Å². The average Bonchev–Trinajstić information content (AvgIpc) is 1.70. The molecule has 0 bridgehead atoms. The van der Waals surface area contributed by atoms with Gasteiger partial charge in [0.1, 0.15) is 59.1 Å². The molecule has 12 aromatic heterocycles. The van der Waals surface area contributed by atoms with E-state index in [0.717, 1.165) is 98.3 Å². The van der Waals surface area contributed by atoms with E-state index in [9.17, 15) is 28.8 Å². The fourth-order valence-electron chi connectivity index (χ4n) is 14.4. The van der Waals surface area contributed by atoms with E-state index in [4.69, 9.17) is 13.4 Å². The summed E-state index contributed by atoms with van der Waals surface area (Å²) >= 11 is 13.1. The standard InChI is InChI=1S/C13H16N4OS.3C13H15N3O2S.2C13H15N3OS2/c1-14-11-12-9(3-7-19-12)2-6-17(13(11)18)8-10-15-4-5-16-10;1-14-11-12-9(3-7-19-12)2-5-16(13(11)17)8-10-15-4-6-18-10;1-14-11-12-9(4-7-19-12)3-6-16(13(11)17)8-10-2-5-15-18-10;1-14-11-12-9(3-5-19-12)2-4-16(13(11)17)7-10-6-15-8-18-10;1-14-11-12-9(3-6-19-12)2-5-16(13(11)17)8-10-15-4-7-18-10;1-14-11-12-9(3-5-18-12)2-4-16(13(11)17)7-10-6-15-8-19-10/h3-5,7,11,14H,2,6,8H2,1H3,(H,15,16);3-4,6-7,11,14H,2,5,8H2,1H3;2,4-5,7,11,14H,3,6,8H2,1H3;3,5-6,8,11,14H,2,4,7H2,1H3;3-4,6-7,11,14H,2,5,8H2,1H3;3,5-6,8,11,14H,2,4,7H2,1H3. The molecule has 0 saturated heterocycles. The Labute approximate surface area is 692 Å². The summed E-state index contributed by atoms with van der Waals surface area (Å²) in [5, 5.41) is 37.8. The molecule has 18 rings (SSSR count). The van der Waals surface area contributed by atoms with Crippen molar-refractivity contribution in [1.29, 1.82) is 0 Å². The second kappa shape index (κ2) is 40.4. The number of likely N-dealkylation sites (N-methyl/N-ethyl adjacent to an activating group) is 6. The SMILES string of the molecule is CNC1C(=O)N(Cc2ccno2)CCc2ccsc21.CNC1C(=O)N(Cc2cnco2)CCc2ccsc21.CNC1C(=O)N(Cc2cncs2)CCc2ccsc21.CNC1C(=O)N(Cc2ncc[nH]2)CCc2ccsc21.CNC1C(=O)N(Cc2ncco2)CCc2ccsc21.CNC1C(=O)N(Cc2nccs2)CCc2ccsc21. The number of amides is 6. The maximum absolute atomic E-state index is 12.6. The van der Waals surface area contributed by atoms with Gasteiger partial charge in [0.25, 0.3) is 0 Å². The molecule has 6 aliphatic rings. The molecule has 18 heterocycles. The van der Waals surface area contributed by atoms with Crippen LogP contribution in [0.4, 0.5) is 0 Å². The summed E-state index contributed by atoms with van der Waals surface area (Å²) < 4.78 is 15.6. The molecule has 6 atom stereocenters. The number of thiophene rings is 6. The van der Waals surface area contributed by atoms with Crippen molar-refractivity contribution < 1.29 is 42.1 Å². The van der Waals surface area contributed by atoms with Crippen LogP contribution in [0.15, 0.2) is 155 Å². The summed E-state index contributed by atoms with van der Waals surface area (Å²) in [7, 11) is 11.0. The van der Waals surface area contributed by atoms with Crippen molar-refractivity contribution in [2.75, 3.05) is 81.6 Å². The number of hydrogen-bond acceptors (Lipinski definition) is 29. The first-order valence-corrected chi connectivity index (χ1v) is 44.3. The van der Waals surface area contributed by atoms with E-state index in [1.807, 2.05) is 100 Å². The van der Waals surface area contributed by atoms with Crippen LogP contribution >= 0.6 is 90.7 Å². The molecular weight excluding hydrogens is 1600 g/mol. The Morgan fingerprint density at radius 3 is 1.12 bits per heavy atom. The van der Waals surface area contributed by atoms with Crippen LogP contribution < -0.4 is 31.9 Å². The Morgan fingerprint density at radius 2 is 0.789 bits per heavy atom. The van der Waals surface area contributed by atoms with Gasteiger partial charge in [-0.15, -0.1) is 90.7 Å². The number of H-pyrrole nitrogens is 1. The highest BCUT2D eigenvalue weighted by molar-refractivity contribution is 7.12. The zero-order chi connectivity index (χ0) is 79.5. The van der Waals surface area contributed by atoms with Crippen LogP contribution in [0, 0.1) is 0 Å². The van der Waals surface area contributed by atoms with Crippen LogP contribution in [-0.4, -0.2) is 181 Å². The van der Waals surface area contributed by atoms with Crippen LogP contribution in [0.3, 0.4) is 0 Å². The molecule has 12 aromatic rings. The van der Waals surface area contributed by atoms with Gasteiger partial charge in [-0.3, -0.25) is 33.8 Å². The molecule has 0 aromatic carbocycles. The highest BCUT2D eigenvalue weighted by atomic mass is 32.1. The molecule has 6 aliphatic heterocycles. The smallest absolute Gasteiger partial charge is 0.245 e. The molecule has 6 amide bonds. The van der Waals surface area contributed by atoms with E-state index >= 15 is 0 Å². The second-order valence-corrected chi connectivity index (χ2v) is 34.7. The van der Waals surface area contributed by atoms with Crippen molar-refractivity contribution in [3.63, 3.8) is 0 Å². The summed E-state index contributed by atoms with van der Waals surface area (Å²) in [6.45, 7) is 7.60. The number of nitrogens with zero attached hydrogens (tertiary/aromatic N) is 12. The Bertz CT molecular complexity index is 4180. The summed E-state index contributed by atoms with van der Waals surface area (Å²) in [5.41, 5.74) is 9.45. The molecular formula is C78H91N19O9S8. The van der Waals surface area contributed by atoms with Crippen LogP contribution in [0.2, 0.25) is 0 Å². The van der Waals surface area contributed by atoms with E-state index in [1.165, 1.54) is 50.9 Å². The first-order chi connectivity index (χ1) is 55.8. The number of oxazole rings is 2. The van der Waals surface area contributed by atoms with Gasteiger partial charge in [-0.1, -0.05) is 5.16 Å². The summed E-state index contributed by atoms with van der Waals surface area (Å²) in [4.78, 5) is 118. The monoisotopic (exact) mass is 1690 g/mol. The number of carbonyl (C=O) groups is 6. The summed E-state index contributed by atoms with van der Waals surface area (Å²) in [6, 6.07) is 13.1. The first-order valence-electron chi connectivity index (χ1n) is 37.3. The maximum atomic E-state index is 12.6. The quantitative estimate of drug-likeness (QED) is 0.0420. The van der Waals surface area contributed by atoms with Crippen LogP contribution in [0.25, 0.3) is 0 Å². The van der Waals surface area contributed by atoms with Crippen molar-refractivity contribution in [2.24, 2.45) is 0 Å². The van der Waals surface area contributed by atoms with Crippen molar-refractivity contribution in [2.45, 2.75) is 114 Å². The van der Waals surface area contributed by atoms with Gasteiger partial charge in [-0.2, -0.15) is 0 Å². The molecule has 28 nitrogen and oxygen atoms in total. The molecule has 0 aliphatic carbocycles. The molecule has 114 heavy (non-hydrogen) atoms. The lowest BCUT2D eigenvalue weighted by Crippen LogP contribution is -2.38. The molecule has 36 heteroatoms. The molecule has 0 radical (unpaired) electrons. The van der Waals surface area contributed by atoms with E-state index < -0.39 is 0 Å². The molecule has 0 fully saturated rings. The molecule has 6 unspecified atom stereocenters. The number of thiazole rings is 2. The van der Waals surface area contributed by atoms with Crippen molar-refractivity contribution >= 4 is 126 Å². The number of fused-ring (bicyclic) bond motifs is 6. The fraction of sp³-hybridized carbons (Fsp3) is 0.385. The van der Waals surface area contributed by atoms with Crippen molar-refractivity contribution in [3.8, 4) is 0 Å². The number of hydrogen-bond donors (Lipinski definition) is 7. The topological polar surface area (TPSA) is 327 Å². The minimum Gasteiger partial charge on any atom is -0.447 e. The second-order valence-electron chi connectivity index (χ2n) is 27.1. The number of rotatable bonds is 18. The normalized spacial score (nSPS) is 19.3. The molecule has 7 N–H and O–H groups in total. The zero-order valence-electron chi connectivity index (χ0n) is 63.9. The van der Waals surface area contributed by atoms with Gasteiger partial charge >= 0.3 is 0 Å². The van der Waals surface area contributed by atoms with Gasteiger partial charge in [0, 0.05) is 110 Å². The fourth-order valence-corrected chi connectivity index (χ4v) is 21.9. The largest absolute Gasteiger partial charge is 0.447 e. The maximum Gasteiger partial charge on any atom is 0.245 e. The average molecular weight is 1700 g/mol. The molecule has 0 spiro atoms. The number of imidazole rings is 1. The Hall–Kier alpha value is -9.12. The van der Waals surface area contributed by atoms with Gasteiger partial charge in [0.15, 0.2) is 12.2 Å².